The molecule has 0 aliphatic heterocycles. The second-order valence-corrected chi connectivity index (χ2v) is 12.3. The molecule has 4 aromatic rings. The first-order valence-corrected chi connectivity index (χ1v) is 15.8. The number of nitrogens with zero attached hydrogens (tertiary/aromatic N) is 4. The second-order valence-electron chi connectivity index (χ2n) is 10.5. The van der Waals surface area contributed by atoms with Crippen molar-refractivity contribution in [1.82, 2.24) is 15.0 Å². The summed E-state index contributed by atoms with van der Waals surface area (Å²) in [5.74, 6) is 0.631. The van der Waals surface area contributed by atoms with E-state index in [1.807, 2.05) is 56.4 Å². The minimum atomic E-state index is 0.575. The lowest BCUT2D eigenvalue weighted by Gasteiger charge is -2.09. The lowest BCUT2D eigenvalue weighted by atomic mass is 10.1. The molecule has 0 radical (unpaired) electrons. The summed E-state index contributed by atoms with van der Waals surface area (Å²) in [7, 11) is 0. The highest BCUT2D eigenvalue weighted by molar-refractivity contribution is 7.13. The van der Waals surface area contributed by atoms with Crippen molar-refractivity contribution in [2.24, 2.45) is 16.5 Å². The van der Waals surface area contributed by atoms with Crippen molar-refractivity contribution in [3.8, 4) is 22.1 Å². The Bertz CT molecular complexity index is 1740. The third-order valence-electron chi connectivity index (χ3n) is 6.39. The Balaban J connectivity index is 1.60. The van der Waals surface area contributed by atoms with E-state index in [4.69, 9.17) is 26.4 Å². The first-order chi connectivity index (χ1) is 20.6. The topological polar surface area (TPSA) is 103 Å². The van der Waals surface area contributed by atoms with Crippen LogP contribution in [0.2, 0.25) is 0 Å². The van der Waals surface area contributed by atoms with Crippen LogP contribution in [0.4, 0.5) is 0 Å². The minimum Gasteiger partial charge on any atom is -0.402 e. The number of hydrogen-bond donors (Lipinski definition) is 2. The van der Waals surface area contributed by atoms with Gasteiger partial charge in [0.15, 0.2) is 5.82 Å². The zero-order chi connectivity index (χ0) is 30.9. The van der Waals surface area contributed by atoms with Crippen LogP contribution in [0.25, 0.3) is 27.8 Å². The van der Waals surface area contributed by atoms with E-state index in [2.05, 4.69) is 60.9 Å². The molecule has 6 nitrogen and oxygen atoms in total. The average molecular weight is 607 g/mol. The number of hydrogen-bond acceptors (Lipinski definition) is 8. The van der Waals surface area contributed by atoms with Crippen molar-refractivity contribution in [3.63, 3.8) is 0 Å². The van der Waals surface area contributed by atoms with Gasteiger partial charge in [-0.1, -0.05) is 31.4 Å². The smallest absolute Gasteiger partial charge is 0.178 e. The van der Waals surface area contributed by atoms with Gasteiger partial charge in [0.05, 0.1) is 26.8 Å². The van der Waals surface area contributed by atoms with Crippen molar-refractivity contribution in [1.29, 1.82) is 0 Å². The molecule has 0 aliphatic carbocycles. The predicted molar refractivity (Wildman–Crippen MR) is 185 cm³/mol. The maximum absolute atomic E-state index is 6.52. The molecule has 0 saturated heterocycles. The average Bonchev–Trinajstić information content (AvgIpc) is 3.60. The molecule has 220 valence electrons. The van der Waals surface area contributed by atoms with Gasteiger partial charge in [-0.15, -0.1) is 22.7 Å². The van der Waals surface area contributed by atoms with Crippen LogP contribution in [0, 0.1) is 20.8 Å². The SMILES string of the molecule is C=C(/C=C\C=C(\C)N)C(=C)N=C(/C=C(\N)c1cc(C)cs1)CCCc1cc(-c2cc(C)cs2)nc(-c2cccc(C)n2)n1. The first-order valence-electron chi connectivity index (χ1n) is 14.0. The molecule has 4 heterocycles. The van der Waals surface area contributed by atoms with E-state index >= 15 is 0 Å². The fourth-order valence-corrected chi connectivity index (χ4v) is 5.89. The highest BCUT2D eigenvalue weighted by Crippen LogP contribution is 2.28. The molecule has 43 heavy (non-hydrogen) atoms. The van der Waals surface area contributed by atoms with Gasteiger partial charge in [0.2, 0.25) is 0 Å². The third kappa shape index (κ3) is 9.30. The second kappa shape index (κ2) is 14.7. The number of aliphatic imine (C=N–C) groups is 1. The van der Waals surface area contributed by atoms with E-state index in [0.717, 1.165) is 51.1 Å². The number of allylic oxidation sites excluding steroid dienone is 5. The number of aromatic nitrogens is 3. The number of thiophene rings is 2. The molecule has 0 saturated carbocycles. The van der Waals surface area contributed by atoms with Crippen molar-refractivity contribution < 1.29 is 0 Å². The molecule has 4 rings (SSSR count). The van der Waals surface area contributed by atoms with Crippen molar-refractivity contribution >= 4 is 34.1 Å². The monoisotopic (exact) mass is 606 g/mol. The first kappa shape index (κ1) is 31.5. The van der Waals surface area contributed by atoms with Gasteiger partial charge in [-0.2, -0.15) is 0 Å². The van der Waals surface area contributed by atoms with Gasteiger partial charge in [-0.3, -0.25) is 4.99 Å². The standard InChI is InChI=1S/C35H38N6S2/c1-22-16-33(42-20-22)30(37)18-28(39-27(6)24(3)10-7-11-25(4)36)13-9-14-29-19-32(34-17-23(2)21-43-34)41-35(40-29)31-15-8-12-26(5)38-31/h7-8,10-12,15-21H,3,6,9,13-14,36-37H2,1-2,4-5H3/b10-7-,25-11-,30-18-,39-28?. The summed E-state index contributed by atoms with van der Waals surface area (Å²) in [6, 6.07) is 12.2. The fraction of sp³-hybridized carbons (Fsp3) is 0.200. The molecule has 0 aromatic carbocycles. The van der Waals surface area contributed by atoms with Crippen molar-refractivity contribution in [2.75, 3.05) is 0 Å². The Kier molecular flexibility index (Phi) is 10.8. The Morgan fingerprint density at radius 1 is 0.953 bits per heavy atom. The summed E-state index contributed by atoms with van der Waals surface area (Å²) in [6.45, 7) is 16.2. The minimum absolute atomic E-state index is 0.575. The molecule has 8 heteroatoms. The Labute approximate surface area is 262 Å². The molecule has 0 unspecified atom stereocenters. The molecule has 0 bridgehead atoms. The van der Waals surface area contributed by atoms with Gasteiger partial charge in [0.1, 0.15) is 5.69 Å². The summed E-state index contributed by atoms with van der Waals surface area (Å²) in [6.07, 6.45) is 9.67. The van der Waals surface area contributed by atoms with Crippen LogP contribution in [0.15, 0.2) is 107 Å². The zero-order valence-electron chi connectivity index (χ0n) is 25.2. The quantitative estimate of drug-likeness (QED) is 0.124. The van der Waals surface area contributed by atoms with Crippen LogP contribution in [0.3, 0.4) is 0 Å². The molecular formula is C35H38N6S2. The molecule has 0 aliphatic rings. The Morgan fingerprint density at radius 3 is 2.40 bits per heavy atom. The summed E-state index contributed by atoms with van der Waals surface area (Å²) < 4.78 is 0. The predicted octanol–water partition coefficient (Wildman–Crippen LogP) is 8.51. The normalized spacial score (nSPS) is 12.7. The van der Waals surface area contributed by atoms with Gasteiger partial charge in [0.25, 0.3) is 0 Å². The van der Waals surface area contributed by atoms with Gasteiger partial charge >= 0.3 is 0 Å². The molecule has 4 aromatic heterocycles. The molecular weight excluding hydrogens is 569 g/mol. The molecule has 0 spiro atoms. The summed E-state index contributed by atoms with van der Waals surface area (Å²) in [5.41, 5.74) is 21.7. The highest BCUT2D eigenvalue weighted by atomic mass is 32.1. The maximum atomic E-state index is 6.52. The number of aryl methyl sites for hydroxylation is 4. The van der Waals surface area contributed by atoms with E-state index in [0.29, 0.717) is 34.9 Å². The molecule has 0 atom stereocenters. The van der Waals surface area contributed by atoms with E-state index < -0.39 is 0 Å². The lowest BCUT2D eigenvalue weighted by Crippen LogP contribution is -2.04. The van der Waals surface area contributed by atoms with E-state index in [-0.39, 0.29) is 0 Å². The van der Waals surface area contributed by atoms with Gasteiger partial charge in [0, 0.05) is 22.8 Å². The van der Waals surface area contributed by atoms with E-state index in [9.17, 15) is 0 Å². The van der Waals surface area contributed by atoms with Gasteiger partial charge in [-0.25, -0.2) is 15.0 Å². The van der Waals surface area contributed by atoms with Crippen LogP contribution in [-0.4, -0.2) is 20.7 Å². The van der Waals surface area contributed by atoms with Crippen LogP contribution in [0.1, 0.15) is 47.2 Å². The Hall–Kier alpha value is -4.40. The van der Waals surface area contributed by atoms with Gasteiger partial charge in [-0.05, 0) is 117 Å². The third-order valence-corrected chi connectivity index (χ3v) is 8.56. The zero-order valence-corrected chi connectivity index (χ0v) is 26.9. The van der Waals surface area contributed by atoms with Crippen molar-refractivity contribution in [3.05, 3.63) is 129 Å². The van der Waals surface area contributed by atoms with Gasteiger partial charge < -0.3 is 11.5 Å². The van der Waals surface area contributed by atoms with Crippen LogP contribution in [0.5, 0.6) is 0 Å². The molecule has 0 amide bonds. The number of nitrogens with two attached hydrogens (primary N) is 2. The largest absolute Gasteiger partial charge is 0.402 e. The van der Waals surface area contributed by atoms with Crippen LogP contribution >= 0.6 is 22.7 Å². The molecule has 4 N–H and O–H groups in total. The summed E-state index contributed by atoms with van der Waals surface area (Å²) in [5, 5.41) is 4.23. The van der Waals surface area contributed by atoms with Crippen molar-refractivity contribution in [2.45, 2.75) is 47.0 Å². The Morgan fingerprint density at radius 2 is 1.72 bits per heavy atom. The summed E-state index contributed by atoms with van der Waals surface area (Å²) >= 11 is 3.31. The van der Waals surface area contributed by atoms with E-state index in [1.54, 1.807) is 22.7 Å². The number of pyridine rings is 1. The van der Waals surface area contributed by atoms with Crippen LogP contribution in [-0.2, 0) is 6.42 Å². The lowest BCUT2D eigenvalue weighted by molar-refractivity contribution is 0.833. The fourth-order valence-electron chi connectivity index (χ4n) is 4.20. The summed E-state index contributed by atoms with van der Waals surface area (Å²) in [4.78, 5) is 21.5. The highest BCUT2D eigenvalue weighted by Gasteiger charge is 2.12. The number of rotatable bonds is 12. The maximum Gasteiger partial charge on any atom is 0.178 e. The van der Waals surface area contributed by atoms with E-state index in [1.165, 1.54) is 11.1 Å². The molecule has 0 fully saturated rings. The van der Waals surface area contributed by atoms with Crippen LogP contribution < -0.4 is 11.5 Å².